The summed E-state index contributed by atoms with van der Waals surface area (Å²) in [6, 6.07) is 10.6. The molecule has 2 fully saturated rings. The van der Waals surface area contributed by atoms with Crippen molar-refractivity contribution in [2.24, 2.45) is 5.73 Å². The van der Waals surface area contributed by atoms with Crippen molar-refractivity contribution in [2.75, 3.05) is 46.3 Å². The SMILES string of the molecule is CN(CCN1CCN(C(=O)C2(N)CCCC2)CC1)Cc1ccccc1.Cl.Cl. The predicted molar refractivity (Wildman–Crippen MR) is 116 cm³/mol. The number of amides is 1. The fourth-order valence-corrected chi connectivity index (χ4v) is 4.00. The first-order valence-corrected chi connectivity index (χ1v) is 9.60. The van der Waals surface area contributed by atoms with E-state index in [1.807, 2.05) is 4.90 Å². The third-order valence-corrected chi connectivity index (χ3v) is 5.67. The molecule has 1 amide bonds. The van der Waals surface area contributed by atoms with Gasteiger partial charge in [-0.2, -0.15) is 0 Å². The highest BCUT2D eigenvalue weighted by atomic mass is 35.5. The molecule has 3 rings (SSSR count). The van der Waals surface area contributed by atoms with Gasteiger partial charge in [-0.25, -0.2) is 0 Å². The fraction of sp³-hybridized carbons (Fsp3) is 0.650. The molecule has 2 N–H and O–H groups in total. The van der Waals surface area contributed by atoms with Gasteiger partial charge in [-0.05, 0) is 25.5 Å². The lowest BCUT2D eigenvalue weighted by atomic mass is 9.97. The molecule has 1 aliphatic carbocycles. The van der Waals surface area contributed by atoms with Crippen LogP contribution in [0.15, 0.2) is 30.3 Å². The minimum absolute atomic E-state index is 0. The molecular formula is C20H34Cl2N4O. The molecule has 0 unspecified atom stereocenters. The number of hydrogen-bond donors (Lipinski definition) is 1. The van der Waals surface area contributed by atoms with E-state index < -0.39 is 5.54 Å². The van der Waals surface area contributed by atoms with E-state index in [-0.39, 0.29) is 30.7 Å². The van der Waals surface area contributed by atoms with Gasteiger partial charge in [0.05, 0.1) is 5.54 Å². The molecule has 1 aromatic rings. The van der Waals surface area contributed by atoms with Crippen molar-refractivity contribution in [3.05, 3.63) is 35.9 Å². The van der Waals surface area contributed by atoms with Gasteiger partial charge in [0.2, 0.25) is 5.91 Å². The summed E-state index contributed by atoms with van der Waals surface area (Å²) in [6.45, 7) is 6.64. The van der Waals surface area contributed by atoms with Crippen LogP contribution in [0.2, 0.25) is 0 Å². The summed E-state index contributed by atoms with van der Waals surface area (Å²) in [5, 5.41) is 0. The Labute approximate surface area is 176 Å². The van der Waals surface area contributed by atoms with Gasteiger partial charge in [-0.1, -0.05) is 43.2 Å². The van der Waals surface area contributed by atoms with Crippen LogP contribution in [-0.2, 0) is 11.3 Å². The summed E-state index contributed by atoms with van der Waals surface area (Å²) in [5.74, 6) is 0.186. The predicted octanol–water partition coefficient (Wildman–Crippen LogP) is 2.38. The molecule has 5 nitrogen and oxygen atoms in total. The minimum Gasteiger partial charge on any atom is -0.339 e. The molecule has 1 aromatic carbocycles. The van der Waals surface area contributed by atoms with Gasteiger partial charge in [-0.3, -0.25) is 9.69 Å². The van der Waals surface area contributed by atoms with E-state index in [4.69, 9.17) is 5.73 Å². The first kappa shape index (κ1) is 24.2. The molecule has 0 spiro atoms. The largest absolute Gasteiger partial charge is 0.339 e. The molecule has 7 heteroatoms. The maximum Gasteiger partial charge on any atom is 0.242 e. The van der Waals surface area contributed by atoms with Crippen LogP contribution in [0.3, 0.4) is 0 Å². The Morgan fingerprint density at radius 2 is 1.67 bits per heavy atom. The van der Waals surface area contributed by atoms with Gasteiger partial charge in [0.25, 0.3) is 0 Å². The molecule has 0 bridgehead atoms. The average Bonchev–Trinajstić information content (AvgIpc) is 3.08. The quantitative estimate of drug-likeness (QED) is 0.772. The molecule has 0 radical (unpaired) electrons. The standard InChI is InChI=1S/C20H32N4O.2ClH/c1-22(17-18-7-3-2-4-8-18)11-12-23-13-15-24(16-14-23)19(25)20(21)9-5-6-10-20;;/h2-4,7-8H,5-6,9-17,21H2,1H3;2*1H. The number of nitrogens with two attached hydrogens (primary N) is 1. The third-order valence-electron chi connectivity index (χ3n) is 5.67. The van der Waals surface area contributed by atoms with Crippen LogP contribution >= 0.6 is 24.8 Å². The Kier molecular flexibility index (Phi) is 10.1. The Morgan fingerprint density at radius 1 is 1.07 bits per heavy atom. The van der Waals surface area contributed by atoms with Crippen LogP contribution in [0.1, 0.15) is 31.2 Å². The maximum absolute atomic E-state index is 12.7. The number of carbonyl (C=O) groups excluding carboxylic acids is 1. The van der Waals surface area contributed by atoms with Gasteiger partial charge in [-0.15, -0.1) is 24.8 Å². The molecule has 1 aliphatic heterocycles. The summed E-state index contributed by atoms with van der Waals surface area (Å²) in [6.07, 6.45) is 3.90. The van der Waals surface area contributed by atoms with Crippen LogP contribution in [0, 0.1) is 0 Å². The lowest BCUT2D eigenvalue weighted by Crippen LogP contribution is -2.58. The van der Waals surface area contributed by atoms with Crippen molar-refractivity contribution < 1.29 is 4.79 Å². The first-order chi connectivity index (χ1) is 12.1. The van der Waals surface area contributed by atoms with Gasteiger partial charge >= 0.3 is 0 Å². The summed E-state index contributed by atoms with van der Waals surface area (Å²) in [4.78, 5) is 19.5. The van der Waals surface area contributed by atoms with Crippen molar-refractivity contribution >= 4 is 30.7 Å². The van der Waals surface area contributed by atoms with Gasteiger partial charge in [0, 0.05) is 45.8 Å². The van der Waals surface area contributed by atoms with E-state index in [0.717, 1.165) is 71.5 Å². The van der Waals surface area contributed by atoms with E-state index in [9.17, 15) is 4.79 Å². The van der Waals surface area contributed by atoms with E-state index in [1.165, 1.54) is 5.56 Å². The number of likely N-dealkylation sites (N-methyl/N-ethyl adjacent to an activating group) is 1. The molecule has 0 atom stereocenters. The number of rotatable bonds is 6. The highest BCUT2D eigenvalue weighted by Gasteiger charge is 2.40. The molecule has 2 aliphatic rings. The summed E-state index contributed by atoms with van der Waals surface area (Å²) in [7, 11) is 2.17. The third kappa shape index (κ3) is 6.61. The maximum atomic E-state index is 12.7. The Morgan fingerprint density at radius 3 is 2.26 bits per heavy atom. The van der Waals surface area contributed by atoms with Crippen molar-refractivity contribution in [1.29, 1.82) is 0 Å². The zero-order valence-electron chi connectivity index (χ0n) is 16.3. The van der Waals surface area contributed by atoms with Crippen LogP contribution in [-0.4, -0.2) is 72.5 Å². The van der Waals surface area contributed by atoms with Gasteiger partial charge < -0.3 is 15.5 Å². The number of halogens is 2. The number of hydrogen-bond acceptors (Lipinski definition) is 4. The number of nitrogens with zero attached hydrogens (tertiary/aromatic N) is 3. The van der Waals surface area contributed by atoms with Crippen LogP contribution in [0.4, 0.5) is 0 Å². The molecule has 0 aromatic heterocycles. The second-order valence-electron chi connectivity index (χ2n) is 7.72. The van der Waals surface area contributed by atoms with E-state index in [1.54, 1.807) is 0 Å². The smallest absolute Gasteiger partial charge is 0.242 e. The zero-order valence-corrected chi connectivity index (χ0v) is 17.9. The monoisotopic (exact) mass is 416 g/mol. The second kappa shape index (κ2) is 11.2. The Bertz CT molecular complexity index is 558. The lowest BCUT2D eigenvalue weighted by Gasteiger charge is -2.38. The molecule has 1 saturated heterocycles. The average molecular weight is 417 g/mol. The number of piperazine rings is 1. The van der Waals surface area contributed by atoms with E-state index in [0.29, 0.717) is 0 Å². The first-order valence-electron chi connectivity index (χ1n) is 9.60. The van der Waals surface area contributed by atoms with Gasteiger partial charge in [0.1, 0.15) is 0 Å². The van der Waals surface area contributed by atoms with Crippen LogP contribution in [0.5, 0.6) is 0 Å². The minimum atomic E-state index is -0.571. The van der Waals surface area contributed by atoms with E-state index in [2.05, 4.69) is 47.2 Å². The fourth-order valence-electron chi connectivity index (χ4n) is 4.00. The van der Waals surface area contributed by atoms with Crippen molar-refractivity contribution in [1.82, 2.24) is 14.7 Å². The Balaban J connectivity index is 0.00000182. The normalized spacial score (nSPS) is 19.4. The molecule has 1 heterocycles. The molecule has 154 valence electrons. The summed E-state index contributed by atoms with van der Waals surface area (Å²) >= 11 is 0. The summed E-state index contributed by atoms with van der Waals surface area (Å²) < 4.78 is 0. The number of benzene rings is 1. The van der Waals surface area contributed by atoms with Crippen LogP contribution in [0.25, 0.3) is 0 Å². The molecule has 27 heavy (non-hydrogen) atoms. The molecule has 1 saturated carbocycles. The lowest BCUT2D eigenvalue weighted by molar-refractivity contribution is -0.138. The van der Waals surface area contributed by atoms with Crippen LogP contribution < -0.4 is 5.73 Å². The summed E-state index contributed by atoms with van der Waals surface area (Å²) in [5.41, 5.74) is 7.11. The van der Waals surface area contributed by atoms with E-state index >= 15 is 0 Å². The Hall–Kier alpha value is -0.850. The van der Waals surface area contributed by atoms with Crippen molar-refractivity contribution in [2.45, 2.75) is 37.8 Å². The van der Waals surface area contributed by atoms with Crippen molar-refractivity contribution in [3.8, 4) is 0 Å². The number of carbonyl (C=O) groups is 1. The van der Waals surface area contributed by atoms with Crippen molar-refractivity contribution in [3.63, 3.8) is 0 Å². The zero-order chi connectivity index (χ0) is 17.7. The highest BCUT2D eigenvalue weighted by Crippen LogP contribution is 2.29. The molecular weight excluding hydrogens is 383 g/mol. The highest BCUT2D eigenvalue weighted by molar-refractivity contribution is 5.86. The topological polar surface area (TPSA) is 52.8 Å². The second-order valence-corrected chi connectivity index (χ2v) is 7.72. The van der Waals surface area contributed by atoms with Gasteiger partial charge in [0.15, 0.2) is 0 Å².